The highest BCUT2D eigenvalue weighted by atomic mass is 15.2. The highest BCUT2D eigenvalue weighted by Gasteiger charge is 2.20. The molecule has 1 N–H and O–H groups in total. The van der Waals surface area contributed by atoms with Crippen molar-refractivity contribution in [1.29, 1.82) is 0 Å². The van der Waals surface area contributed by atoms with E-state index in [0.29, 0.717) is 12.1 Å². The zero-order valence-corrected chi connectivity index (χ0v) is 9.35. The van der Waals surface area contributed by atoms with Gasteiger partial charge in [-0.2, -0.15) is 0 Å². The summed E-state index contributed by atoms with van der Waals surface area (Å²) in [5.74, 6) is 0. The minimum absolute atomic E-state index is 0.565. The molecule has 1 aliphatic rings. The Bertz CT molecular complexity index is 291. The van der Waals surface area contributed by atoms with Gasteiger partial charge in [-0.15, -0.1) is 0 Å². The molecule has 2 unspecified atom stereocenters. The average molecular weight is 206 g/mol. The van der Waals surface area contributed by atoms with Crippen LogP contribution in [0.4, 0.5) is 0 Å². The minimum atomic E-state index is 0.565. The van der Waals surface area contributed by atoms with Crippen LogP contribution in [-0.4, -0.2) is 40.0 Å². The third-order valence-electron chi connectivity index (χ3n) is 2.66. The highest BCUT2D eigenvalue weighted by molar-refractivity contribution is 4.98. The van der Waals surface area contributed by atoms with Crippen LogP contribution in [0.5, 0.6) is 0 Å². The molecule has 0 aromatic carbocycles. The number of nitrogens with one attached hydrogen (secondary N) is 1. The first-order valence-corrected chi connectivity index (χ1v) is 5.47. The molecular weight excluding hydrogens is 188 g/mol. The topological polar surface area (TPSA) is 41.1 Å². The van der Waals surface area contributed by atoms with Gasteiger partial charge in [-0.3, -0.25) is 4.90 Å². The van der Waals surface area contributed by atoms with E-state index in [1.165, 1.54) is 0 Å². The monoisotopic (exact) mass is 206 g/mol. The van der Waals surface area contributed by atoms with Crippen molar-refractivity contribution >= 4 is 0 Å². The molecule has 4 heteroatoms. The molecule has 2 atom stereocenters. The number of rotatable bonds is 2. The standard InChI is InChI=1S/C11H18N4/c1-9-5-15(6-10(2)14-9)7-11-3-4-12-8-13-11/h3-4,8-10,14H,5-7H2,1-2H3. The van der Waals surface area contributed by atoms with Gasteiger partial charge in [-0.25, -0.2) is 9.97 Å². The van der Waals surface area contributed by atoms with Gasteiger partial charge in [-0.1, -0.05) is 0 Å². The second kappa shape index (κ2) is 4.68. The molecular formula is C11H18N4. The van der Waals surface area contributed by atoms with Crippen LogP contribution in [0.15, 0.2) is 18.6 Å². The first kappa shape index (κ1) is 10.5. The molecule has 4 nitrogen and oxygen atoms in total. The number of nitrogens with zero attached hydrogens (tertiary/aromatic N) is 3. The van der Waals surface area contributed by atoms with Gasteiger partial charge >= 0.3 is 0 Å². The van der Waals surface area contributed by atoms with Crippen LogP contribution in [0.2, 0.25) is 0 Å². The van der Waals surface area contributed by atoms with E-state index in [-0.39, 0.29) is 0 Å². The van der Waals surface area contributed by atoms with Crippen molar-refractivity contribution in [2.24, 2.45) is 0 Å². The first-order chi connectivity index (χ1) is 7.24. The zero-order chi connectivity index (χ0) is 10.7. The van der Waals surface area contributed by atoms with Gasteiger partial charge in [-0.05, 0) is 19.9 Å². The molecule has 0 amide bonds. The fourth-order valence-electron chi connectivity index (χ4n) is 2.21. The van der Waals surface area contributed by atoms with Crippen molar-refractivity contribution in [3.63, 3.8) is 0 Å². The fourth-order valence-corrected chi connectivity index (χ4v) is 2.21. The van der Waals surface area contributed by atoms with Gasteiger partial charge in [0.05, 0.1) is 5.69 Å². The SMILES string of the molecule is CC1CN(Cc2ccncn2)CC(C)N1. The summed E-state index contributed by atoms with van der Waals surface area (Å²) in [5, 5.41) is 3.52. The average Bonchev–Trinajstić information content (AvgIpc) is 2.17. The Morgan fingerprint density at radius 3 is 2.73 bits per heavy atom. The van der Waals surface area contributed by atoms with E-state index in [4.69, 9.17) is 0 Å². The van der Waals surface area contributed by atoms with Crippen LogP contribution in [-0.2, 0) is 6.54 Å². The molecule has 2 rings (SSSR count). The van der Waals surface area contributed by atoms with Gasteiger partial charge in [0.2, 0.25) is 0 Å². The van der Waals surface area contributed by atoms with E-state index < -0.39 is 0 Å². The number of hydrogen-bond acceptors (Lipinski definition) is 4. The molecule has 1 fully saturated rings. The lowest BCUT2D eigenvalue weighted by atomic mass is 10.1. The normalized spacial score (nSPS) is 27.9. The highest BCUT2D eigenvalue weighted by Crippen LogP contribution is 2.07. The van der Waals surface area contributed by atoms with Crippen LogP contribution in [0, 0.1) is 0 Å². The largest absolute Gasteiger partial charge is 0.309 e. The van der Waals surface area contributed by atoms with Crippen molar-refractivity contribution in [2.75, 3.05) is 13.1 Å². The molecule has 0 radical (unpaired) electrons. The van der Waals surface area contributed by atoms with Gasteiger partial charge in [0.15, 0.2) is 0 Å². The first-order valence-electron chi connectivity index (χ1n) is 5.47. The van der Waals surface area contributed by atoms with Crippen molar-refractivity contribution < 1.29 is 0 Å². The number of hydrogen-bond donors (Lipinski definition) is 1. The third kappa shape index (κ3) is 2.97. The molecule has 2 heterocycles. The maximum Gasteiger partial charge on any atom is 0.115 e. The van der Waals surface area contributed by atoms with E-state index in [9.17, 15) is 0 Å². The maximum atomic E-state index is 4.25. The molecule has 0 spiro atoms. The molecule has 0 bridgehead atoms. The van der Waals surface area contributed by atoms with Crippen molar-refractivity contribution in [3.05, 3.63) is 24.3 Å². The van der Waals surface area contributed by atoms with E-state index >= 15 is 0 Å². The van der Waals surface area contributed by atoms with E-state index in [2.05, 4.69) is 34.0 Å². The van der Waals surface area contributed by atoms with Gasteiger partial charge < -0.3 is 5.32 Å². The van der Waals surface area contributed by atoms with Crippen LogP contribution in [0.25, 0.3) is 0 Å². The summed E-state index contributed by atoms with van der Waals surface area (Å²) in [6.45, 7) is 7.56. The minimum Gasteiger partial charge on any atom is -0.309 e. The molecule has 82 valence electrons. The van der Waals surface area contributed by atoms with Crippen LogP contribution >= 0.6 is 0 Å². The summed E-state index contributed by atoms with van der Waals surface area (Å²) >= 11 is 0. The Labute approximate surface area is 90.7 Å². The predicted molar refractivity (Wildman–Crippen MR) is 59.4 cm³/mol. The van der Waals surface area contributed by atoms with E-state index in [0.717, 1.165) is 25.3 Å². The van der Waals surface area contributed by atoms with Crippen molar-refractivity contribution in [1.82, 2.24) is 20.2 Å². The Balaban J connectivity index is 1.94. The Morgan fingerprint density at radius 2 is 2.13 bits per heavy atom. The maximum absolute atomic E-state index is 4.25. The number of piperazine rings is 1. The van der Waals surface area contributed by atoms with Gasteiger partial charge in [0.1, 0.15) is 6.33 Å². The van der Waals surface area contributed by atoms with E-state index in [1.807, 2.05) is 6.07 Å². The quantitative estimate of drug-likeness (QED) is 0.771. The fraction of sp³-hybridized carbons (Fsp3) is 0.636. The molecule has 1 aliphatic heterocycles. The summed E-state index contributed by atoms with van der Waals surface area (Å²) in [6, 6.07) is 3.11. The van der Waals surface area contributed by atoms with Crippen LogP contribution < -0.4 is 5.32 Å². The second-order valence-electron chi connectivity index (χ2n) is 4.36. The lowest BCUT2D eigenvalue weighted by molar-refractivity contribution is 0.165. The third-order valence-corrected chi connectivity index (χ3v) is 2.66. The zero-order valence-electron chi connectivity index (χ0n) is 9.35. The van der Waals surface area contributed by atoms with E-state index in [1.54, 1.807) is 12.5 Å². The number of aromatic nitrogens is 2. The Hall–Kier alpha value is -1.00. The summed E-state index contributed by atoms with van der Waals surface area (Å²) in [4.78, 5) is 10.6. The van der Waals surface area contributed by atoms with Gasteiger partial charge in [0, 0.05) is 37.9 Å². The van der Waals surface area contributed by atoms with Crippen molar-refractivity contribution in [2.45, 2.75) is 32.5 Å². The molecule has 0 aliphatic carbocycles. The smallest absolute Gasteiger partial charge is 0.115 e. The lowest BCUT2D eigenvalue weighted by Crippen LogP contribution is -2.53. The molecule has 1 aromatic rings. The summed E-state index contributed by atoms with van der Waals surface area (Å²) in [5.41, 5.74) is 1.10. The lowest BCUT2D eigenvalue weighted by Gasteiger charge is -2.35. The Morgan fingerprint density at radius 1 is 1.40 bits per heavy atom. The predicted octanol–water partition coefficient (Wildman–Crippen LogP) is 0.659. The van der Waals surface area contributed by atoms with Gasteiger partial charge in [0.25, 0.3) is 0 Å². The summed E-state index contributed by atoms with van der Waals surface area (Å²) < 4.78 is 0. The molecule has 1 aromatic heterocycles. The van der Waals surface area contributed by atoms with Crippen LogP contribution in [0.1, 0.15) is 19.5 Å². The van der Waals surface area contributed by atoms with Crippen molar-refractivity contribution in [3.8, 4) is 0 Å². The Kier molecular flexibility index (Phi) is 3.28. The summed E-state index contributed by atoms with van der Waals surface area (Å²) in [7, 11) is 0. The summed E-state index contributed by atoms with van der Waals surface area (Å²) in [6.07, 6.45) is 3.42. The molecule has 15 heavy (non-hydrogen) atoms. The molecule has 0 saturated carbocycles. The second-order valence-corrected chi connectivity index (χ2v) is 4.36. The molecule has 1 saturated heterocycles. The van der Waals surface area contributed by atoms with Crippen LogP contribution in [0.3, 0.4) is 0 Å².